The third-order valence-electron chi connectivity index (χ3n) is 3.45. The first-order chi connectivity index (χ1) is 6.89. The van der Waals surface area contributed by atoms with Gasteiger partial charge in [0.05, 0.1) is 6.61 Å². The Labute approximate surface area is 100 Å². The highest BCUT2D eigenvalue weighted by atomic mass is 79.9. The zero-order valence-corrected chi connectivity index (χ0v) is 11.5. The van der Waals surface area contributed by atoms with E-state index in [4.69, 9.17) is 4.74 Å². The van der Waals surface area contributed by atoms with Crippen LogP contribution in [0.3, 0.4) is 0 Å². The third-order valence-corrected chi connectivity index (χ3v) is 4.29. The topological polar surface area (TPSA) is 26.3 Å². The largest absolute Gasteiger partial charge is 0.466 e. The summed E-state index contributed by atoms with van der Waals surface area (Å²) in [5.74, 6) is 0.297. The summed E-state index contributed by atoms with van der Waals surface area (Å²) in [5, 5.41) is 0.937. The lowest BCUT2D eigenvalue weighted by Crippen LogP contribution is -2.41. The number of hydrogen-bond acceptors (Lipinski definition) is 2. The van der Waals surface area contributed by atoms with E-state index in [2.05, 4.69) is 36.7 Å². The molecule has 0 heterocycles. The van der Waals surface area contributed by atoms with Gasteiger partial charge in [0.25, 0.3) is 0 Å². The zero-order valence-electron chi connectivity index (χ0n) is 9.89. The SMILES string of the molecule is CC(=O)OCC1C/C(=C(/C)CBr)C1(C)C. The molecule has 0 saturated heterocycles. The van der Waals surface area contributed by atoms with Crippen molar-refractivity contribution in [2.45, 2.75) is 34.1 Å². The Hall–Kier alpha value is -0.310. The van der Waals surface area contributed by atoms with Crippen LogP contribution in [0, 0.1) is 11.3 Å². The average molecular weight is 275 g/mol. The predicted octanol–water partition coefficient (Wildman–Crippen LogP) is 3.31. The van der Waals surface area contributed by atoms with E-state index in [0.29, 0.717) is 12.5 Å². The molecule has 1 fully saturated rings. The molecule has 2 nitrogen and oxygen atoms in total. The Morgan fingerprint density at radius 1 is 1.53 bits per heavy atom. The lowest BCUT2D eigenvalue weighted by atomic mass is 9.58. The molecule has 15 heavy (non-hydrogen) atoms. The van der Waals surface area contributed by atoms with E-state index in [1.807, 2.05) is 0 Å². The Morgan fingerprint density at radius 2 is 2.13 bits per heavy atom. The quantitative estimate of drug-likeness (QED) is 0.449. The van der Waals surface area contributed by atoms with Gasteiger partial charge in [0.1, 0.15) is 0 Å². The fourth-order valence-electron chi connectivity index (χ4n) is 2.17. The van der Waals surface area contributed by atoms with Gasteiger partial charge in [-0.25, -0.2) is 0 Å². The summed E-state index contributed by atoms with van der Waals surface area (Å²) in [5.41, 5.74) is 3.11. The summed E-state index contributed by atoms with van der Waals surface area (Å²) in [6.07, 6.45) is 1.07. The number of rotatable bonds is 3. The van der Waals surface area contributed by atoms with Crippen molar-refractivity contribution in [2.24, 2.45) is 11.3 Å². The van der Waals surface area contributed by atoms with Gasteiger partial charge in [0.15, 0.2) is 0 Å². The molecular formula is C12H19BrO2. The maximum absolute atomic E-state index is 10.7. The van der Waals surface area contributed by atoms with E-state index in [0.717, 1.165) is 11.8 Å². The van der Waals surface area contributed by atoms with Gasteiger partial charge >= 0.3 is 5.97 Å². The van der Waals surface area contributed by atoms with Crippen LogP contribution < -0.4 is 0 Å². The molecule has 1 saturated carbocycles. The third kappa shape index (κ3) is 2.63. The second kappa shape index (κ2) is 4.69. The molecule has 0 aromatic carbocycles. The molecule has 86 valence electrons. The molecular weight excluding hydrogens is 256 g/mol. The molecule has 0 aromatic heterocycles. The average Bonchev–Trinajstić information content (AvgIpc) is 2.15. The van der Waals surface area contributed by atoms with Crippen molar-refractivity contribution in [1.82, 2.24) is 0 Å². The van der Waals surface area contributed by atoms with Crippen LogP contribution in [0.4, 0.5) is 0 Å². The van der Waals surface area contributed by atoms with E-state index in [1.165, 1.54) is 18.1 Å². The molecule has 0 aliphatic heterocycles. The molecule has 0 aromatic rings. The second-order valence-electron chi connectivity index (χ2n) is 4.82. The number of carbonyl (C=O) groups is 1. The number of halogens is 1. The van der Waals surface area contributed by atoms with Crippen LogP contribution in [-0.2, 0) is 9.53 Å². The van der Waals surface area contributed by atoms with E-state index in [9.17, 15) is 4.79 Å². The molecule has 0 spiro atoms. The van der Waals surface area contributed by atoms with Gasteiger partial charge in [-0.05, 0) is 18.8 Å². The summed E-state index contributed by atoms with van der Waals surface area (Å²) in [7, 11) is 0. The van der Waals surface area contributed by atoms with Crippen molar-refractivity contribution in [3.63, 3.8) is 0 Å². The zero-order chi connectivity index (χ0) is 11.6. The number of alkyl halides is 1. The van der Waals surface area contributed by atoms with Crippen LogP contribution in [-0.4, -0.2) is 17.9 Å². The van der Waals surface area contributed by atoms with Crippen molar-refractivity contribution in [1.29, 1.82) is 0 Å². The fraction of sp³-hybridized carbons (Fsp3) is 0.750. The van der Waals surface area contributed by atoms with Crippen LogP contribution >= 0.6 is 15.9 Å². The van der Waals surface area contributed by atoms with Crippen molar-refractivity contribution in [2.75, 3.05) is 11.9 Å². The van der Waals surface area contributed by atoms with Gasteiger partial charge < -0.3 is 4.74 Å². The fourth-order valence-corrected chi connectivity index (χ4v) is 2.51. The summed E-state index contributed by atoms with van der Waals surface area (Å²) < 4.78 is 5.07. The highest BCUT2D eigenvalue weighted by molar-refractivity contribution is 9.09. The standard InChI is InChI=1S/C12H19BrO2/c1-8(6-13)11-5-10(12(11,3)4)7-15-9(2)14/h10H,5-7H2,1-4H3/b11-8+. The highest BCUT2D eigenvalue weighted by Crippen LogP contribution is 2.52. The lowest BCUT2D eigenvalue weighted by molar-refractivity contribution is -0.144. The van der Waals surface area contributed by atoms with Crippen LogP contribution in [0.1, 0.15) is 34.1 Å². The molecule has 0 N–H and O–H groups in total. The van der Waals surface area contributed by atoms with E-state index < -0.39 is 0 Å². The smallest absolute Gasteiger partial charge is 0.302 e. The van der Waals surface area contributed by atoms with Crippen molar-refractivity contribution < 1.29 is 9.53 Å². The molecule has 1 rings (SSSR count). The van der Waals surface area contributed by atoms with E-state index in [1.54, 1.807) is 0 Å². The highest BCUT2D eigenvalue weighted by Gasteiger charge is 2.44. The predicted molar refractivity (Wildman–Crippen MR) is 65.0 cm³/mol. The number of ether oxygens (including phenoxy) is 1. The summed E-state index contributed by atoms with van der Waals surface area (Å²) >= 11 is 3.48. The van der Waals surface area contributed by atoms with Crippen LogP contribution in [0.5, 0.6) is 0 Å². The molecule has 1 atom stereocenters. The van der Waals surface area contributed by atoms with E-state index in [-0.39, 0.29) is 11.4 Å². The molecule has 1 aliphatic rings. The van der Waals surface area contributed by atoms with Gasteiger partial charge in [-0.3, -0.25) is 4.79 Å². The Bertz CT molecular complexity index is 292. The lowest BCUT2D eigenvalue weighted by Gasteiger charge is -2.48. The normalized spacial score (nSPS) is 26.9. The van der Waals surface area contributed by atoms with Gasteiger partial charge in [0.2, 0.25) is 0 Å². The number of carbonyl (C=O) groups excluding carboxylic acids is 1. The minimum absolute atomic E-state index is 0.180. The van der Waals surface area contributed by atoms with Gasteiger partial charge in [-0.15, -0.1) is 0 Å². The molecule has 0 bridgehead atoms. The summed E-state index contributed by atoms with van der Waals surface area (Å²) in [4.78, 5) is 10.7. The summed E-state index contributed by atoms with van der Waals surface area (Å²) in [6.45, 7) is 8.64. The minimum atomic E-state index is -0.180. The number of allylic oxidation sites excluding steroid dienone is 2. The Kier molecular flexibility index (Phi) is 3.99. The van der Waals surface area contributed by atoms with Crippen LogP contribution in [0.15, 0.2) is 11.1 Å². The molecule has 1 aliphatic carbocycles. The maximum Gasteiger partial charge on any atom is 0.302 e. The number of hydrogen-bond donors (Lipinski definition) is 0. The minimum Gasteiger partial charge on any atom is -0.466 e. The van der Waals surface area contributed by atoms with Crippen molar-refractivity contribution in [3.05, 3.63) is 11.1 Å². The molecule has 3 heteroatoms. The van der Waals surface area contributed by atoms with Crippen molar-refractivity contribution >= 4 is 21.9 Å². The molecule has 0 amide bonds. The molecule has 1 unspecified atom stereocenters. The maximum atomic E-state index is 10.7. The van der Waals surface area contributed by atoms with E-state index >= 15 is 0 Å². The van der Waals surface area contributed by atoms with Crippen molar-refractivity contribution in [3.8, 4) is 0 Å². The first kappa shape index (κ1) is 12.8. The molecule has 0 radical (unpaired) electrons. The Morgan fingerprint density at radius 3 is 2.53 bits per heavy atom. The van der Waals surface area contributed by atoms with Crippen LogP contribution in [0.25, 0.3) is 0 Å². The van der Waals surface area contributed by atoms with Gasteiger partial charge in [-0.2, -0.15) is 0 Å². The monoisotopic (exact) mass is 274 g/mol. The van der Waals surface area contributed by atoms with Gasteiger partial charge in [-0.1, -0.05) is 40.9 Å². The Balaban J connectivity index is 2.59. The first-order valence-corrected chi connectivity index (χ1v) is 6.40. The summed E-state index contributed by atoms with van der Waals surface area (Å²) in [6, 6.07) is 0. The van der Waals surface area contributed by atoms with Crippen LogP contribution in [0.2, 0.25) is 0 Å². The second-order valence-corrected chi connectivity index (χ2v) is 5.38. The first-order valence-electron chi connectivity index (χ1n) is 5.28. The van der Waals surface area contributed by atoms with Gasteiger partial charge in [0, 0.05) is 18.2 Å². The number of esters is 1.